The quantitative estimate of drug-likeness (QED) is 0.890. The number of nitrogens with two attached hydrogens (primary N) is 1. The average molecular weight is 272 g/mol. The lowest BCUT2D eigenvalue weighted by Gasteiger charge is -2.20. The Hall–Kier alpha value is -0.930. The molecule has 2 N–H and O–H groups in total. The monoisotopic (exact) mass is 271 g/mol. The van der Waals surface area contributed by atoms with Gasteiger partial charge in [0, 0.05) is 23.2 Å². The molecule has 3 nitrogen and oxygen atoms in total. The Morgan fingerprint density at radius 1 is 1.28 bits per heavy atom. The zero-order chi connectivity index (χ0) is 13.8. The van der Waals surface area contributed by atoms with Crippen LogP contribution in [0.15, 0.2) is 12.1 Å². The standard InChI is InChI=1S/C14H22ClNO2/c1-14(2,3)5-6-18-13-10(9-16)7-11(15)8-12(13)17-4/h7-8H,5-6,9,16H2,1-4H3. The molecule has 0 aliphatic carbocycles. The van der Waals surface area contributed by atoms with Crippen molar-refractivity contribution in [2.45, 2.75) is 33.7 Å². The summed E-state index contributed by atoms with van der Waals surface area (Å²) in [5.74, 6) is 1.34. The zero-order valence-corrected chi connectivity index (χ0v) is 12.3. The summed E-state index contributed by atoms with van der Waals surface area (Å²) in [6, 6.07) is 3.56. The van der Waals surface area contributed by atoms with Crippen LogP contribution in [-0.2, 0) is 6.54 Å². The van der Waals surface area contributed by atoms with Gasteiger partial charge in [-0.1, -0.05) is 32.4 Å². The van der Waals surface area contributed by atoms with E-state index in [9.17, 15) is 0 Å². The van der Waals surface area contributed by atoms with Gasteiger partial charge in [0.25, 0.3) is 0 Å². The predicted molar refractivity (Wildman–Crippen MR) is 75.5 cm³/mol. The molecule has 0 saturated heterocycles. The normalized spacial score (nSPS) is 11.4. The second-order valence-electron chi connectivity index (χ2n) is 5.46. The van der Waals surface area contributed by atoms with Crippen molar-refractivity contribution in [2.24, 2.45) is 11.1 Å². The van der Waals surface area contributed by atoms with Crippen molar-refractivity contribution in [3.8, 4) is 11.5 Å². The van der Waals surface area contributed by atoms with Crippen LogP contribution >= 0.6 is 11.6 Å². The molecule has 0 heterocycles. The summed E-state index contributed by atoms with van der Waals surface area (Å²) in [5.41, 5.74) is 6.81. The van der Waals surface area contributed by atoms with E-state index in [1.165, 1.54) is 0 Å². The van der Waals surface area contributed by atoms with Crippen LogP contribution in [0.2, 0.25) is 5.02 Å². The summed E-state index contributed by atoms with van der Waals surface area (Å²) in [6.07, 6.45) is 0.961. The molecule has 0 aromatic heterocycles. The Morgan fingerprint density at radius 2 is 1.94 bits per heavy atom. The Bertz CT molecular complexity index is 374. The van der Waals surface area contributed by atoms with Gasteiger partial charge < -0.3 is 15.2 Å². The van der Waals surface area contributed by atoms with Gasteiger partial charge in [-0.05, 0) is 17.9 Å². The van der Waals surface area contributed by atoms with Crippen molar-refractivity contribution in [1.29, 1.82) is 0 Å². The molecule has 4 heteroatoms. The SMILES string of the molecule is COc1cc(Cl)cc(CN)c1OCCC(C)(C)C. The molecule has 0 aliphatic heterocycles. The molecule has 1 aromatic carbocycles. The summed E-state index contributed by atoms with van der Waals surface area (Å²) in [4.78, 5) is 0. The van der Waals surface area contributed by atoms with Gasteiger partial charge in [-0.25, -0.2) is 0 Å². The smallest absolute Gasteiger partial charge is 0.165 e. The summed E-state index contributed by atoms with van der Waals surface area (Å²) in [7, 11) is 1.60. The van der Waals surface area contributed by atoms with E-state index in [-0.39, 0.29) is 5.41 Å². The maximum absolute atomic E-state index is 6.00. The van der Waals surface area contributed by atoms with E-state index in [1.54, 1.807) is 13.2 Å². The molecule has 1 aromatic rings. The Labute approximate surface area is 114 Å². The van der Waals surface area contributed by atoms with Crippen molar-refractivity contribution in [1.82, 2.24) is 0 Å². The molecule has 0 saturated carbocycles. The number of methoxy groups -OCH3 is 1. The first-order valence-electron chi connectivity index (χ1n) is 6.06. The minimum Gasteiger partial charge on any atom is -0.493 e. The van der Waals surface area contributed by atoms with Crippen LogP contribution in [0.1, 0.15) is 32.8 Å². The van der Waals surface area contributed by atoms with Crippen LogP contribution in [-0.4, -0.2) is 13.7 Å². The first kappa shape index (κ1) is 15.1. The number of ether oxygens (including phenoxy) is 2. The summed E-state index contributed by atoms with van der Waals surface area (Å²) >= 11 is 6.00. The Balaban J connectivity index is 2.86. The summed E-state index contributed by atoms with van der Waals surface area (Å²) in [5, 5.41) is 0.607. The molecule has 0 fully saturated rings. The van der Waals surface area contributed by atoms with Crippen molar-refractivity contribution in [3.05, 3.63) is 22.7 Å². The molecule has 18 heavy (non-hydrogen) atoms. The Morgan fingerprint density at radius 3 is 2.44 bits per heavy atom. The van der Waals surface area contributed by atoms with E-state index in [0.29, 0.717) is 29.7 Å². The molecule has 0 unspecified atom stereocenters. The molecule has 0 aliphatic rings. The van der Waals surface area contributed by atoms with Crippen LogP contribution in [0.25, 0.3) is 0 Å². The molecule has 1 rings (SSSR count). The van der Waals surface area contributed by atoms with Crippen molar-refractivity contribution < 1.29 is 9.47 Å². The Kier molecular flexibility index (Phi) is 5.29. The third-order valence-electron chi connectivity index (χ3n) is 2.63. The van der Waals surface area contributed by atoms with E-state index in [2.05, 4.69) is 20.8 Å². The fourth-order valence-electron chi connectivity index (χ4n) is 1.55. The molecule has 0 bridgehead atoms. The lowest BCUT2D eigenvalue weighted by molar-refractivity contribution is 0.232. The van der Waals surface area contributed by atoms with Gasteiger partial charge in [0.1, 0.15) is 0 Å². The molecule has 0 spiro atoms. The van der Waals surface area contributed by atoms with Crippen molar-refractivity contribution in [2.75, 3.05) is 13.7 Å². The largest absolute Gasteiger partial charge is 0.493 e. The van der Waals surface area contributed by atoms with Gasteiger partial charge in [-0.2, -0.15) is 0 Å². The van der Waals surface area contributed by atoms with Gasteiger partial charge >= 0.3 is 0 Å². The van der Waals surface area contributed by atoms with Crippen LogP contribution < -0.4 is 15.2 Å². The van der Waals surface area contributed by atoms with Gasteiger partial charge in [0.05, 0.1) is 13.7 Å². The number of halogens is 1. The van der Waals surface area contributed by atoms with E-state index in [4.69, 9.17) is 26.8 Å². The highest BCUT2D eigenvalue weighted by Gasteiger charge is 2.14. The van der Waals surface area contributed by atoms with Crippen LogP contribution in [0.5, 0.6) is 11.5 Å². The fraction of sp³-hybridized carbons (Fsp3) is 0.571. The average Bonchev–Trinajstić information content (AvgIpc) is 2.28. The van der Waals surface area contributed by atoms with E-state index in [0.717, 1.165) is 12.0 Å². The van der Waals surface area contributed by atoms with E-state index < -0.39 is 0 Å². The summed E-state index contributed by atoms with van der Waals surface area (Å²) < 4.78 is 11.1. The fourth-order valence-corrected chi connectivity index (χ4v) is 1.78. The van der Waals surface area contributed by atoms with Crippen LogP contribution in [0.3, 0.4) is 0 Å². The van der Waals surface area contributed by atoms with Crippen LogP contribution in [0.4, 0.5) is 0 Å². The minimum absolute atomic E-state index is 0.239. The van der Waals surface area contributed by atoms with Crippen molar-refractivity contribution in [3.63, 3.8) is 0 Å². The molecule has 102 valence electrons. The van der Waals surface area contributed by atoms with E-state index in [1.807, 2.05) is 6.07 Å². The molecule has 0 radical (unpaired) electrons. The first-order valence-corrected chi connectivity index (χ1v) is 6.44. The lowest BCUT2D eigenvalue weighted by Crippen LogP contribution is -2.12. The number of hydrogen-bond acceptors (Lipinski definition) is 3. The van der Waals surface area contributed by atoms with Gasteiger partial charge in [0.15, 0.2) is 11.5 Å². The molecular formula is C14H22ClNO2. The topological polar surface area (TPSA) is 44.5 Å². The molecule has 0 amide bonds. The van der Waals surface area contributed by atoms with Gasteiger partial charge in [-0.15, -0.1) is 0 Å². The highest BCUT2D eigenvalue weighted by molar-refractivity contribution is 6.30. The zero-order valence-electron chi connectivity index (χ0n) is 11.5. The molecular weight excluding hydrogens is 250 g/mol. The highest BCUT2D eigenvalue weighted by Crippen LogP contribution is 2.35. The highest BCUT2D eigenvalue weighted by atomic mass is 35.5. The van der Waals surface area contributed by atoms with E-state index >= 15 is 0 Å². The third kappa shape index (κ3) is 4.39. The summed E-state index contributed by atoms with van der Waals surface area (Å²) in [6.45, 7) is 7.55. The minimum atomic E-state index is 0.239. The first-order chi connectivity index (χ1) is 8.37. The van der Waals surface area contributed by atoms with Crippen LogP contribution in [0, 0.1) is 5.41 Å². The van der Waals surface area contributed by atoms with Crippen molar-refractivity contribution >= 4 is 11.6 Å². The number of benzene rings is 1. The second-order valence-corrected chi connectivity index (χ2v) is 5.90. The second kappa shape index (κ2) is 6.30. The molecule has 0 atom stereocenters. The number of rotatable bonds is 5. The predicted octanol–water partition coefficient (Wildman–Crippen LogP) is 3.62. The third-order valence-corrected chi connectivity index (χ3v) is 2.85. The maximum atomic E-state index is 6.00. The maximum Gasteiger partial charge on any atom is 0.165 e. The van der Waals surface area contributed by atoms with Gasteiger partial charge in [0.2, 0.25) is 0 Å². The van der Waals surface area contributed by atoms with Gasteiger partial charge in [-0.3, -0.25) is 0 Å². The lowest BCUT2D eigenvalue weighted by atomic mass is 9.93. The number of hydrogen-bond donors (Lipinski definition) is 1.